The molecule has 3 N–H and O–H groups in total. The molecule has 4 aromatic carbocycles. The number of rotatable bonds is 5. The van der Waals surface area contributed by atoms with Crippen LogP contribution >= 0.6 is 0 Å². The molecule has 0 amide bonds. The van der Waals surface area contributed by atoms with Gasteiger partial charge in [-0.1, -0.05) is 18.2 Å². The SMILES string of the molecule is Cc1cc(Oc2cccc(N(c3ccc(C)c(O)c3C)c3ccc(C)c(O)c3C)c2)c(C)cc1O. The van der Waals surface area contributed by atoms with Gasteiger partial charge in [0.25, 0.3) is 0 Å². The fraction of sp³-hybridized carbons (Fsp3) is 0.200. The Balaban J connectivity index is 1.88. The Morgan fingerprint density at radius 2 is 1.17 bits per heavy atom. The van der Waals surface area contributed by atoms with Crippen LogP contribution in [0, 0.1) is 41.5 Å². The van der Waals surface area contributed by atoms with Gasteiger partial charge in [-0.3, -0.25) is 0 Å². The summed E-state index contributed by atoms with van der Waals surface area (Å²) in [7, 11) is 0. The minimum absolute atomic E-state index is 0.235. The molecule has 0 fully saturated rings. The van der Waals surface area contributed by atoms with Gasteiger partial charge in [0, 0.05) is 22.9 Å². The van der Waals surface area contributed by atoms with Gasteiger partial charge in [0.2, 0.25) is 0 Å². The number of phenolic OH excluding ortho intramolecular Hbond substituents is 3. The molecule has 0 saturated carbocycles. The Morgan fingerprint density at radius 1 is 0.600 bits per heavy atom. The third-order valence-electron chi connectivity index (χ3n) is 6.49. The maximum Gasteiger partial charge on any atom is 0.130 e. The van der Waals surface area contributed by atoms with Gasteiger partial charge in [-0.25, -0.2) is 0 Å². The van der Waals surface area contributed by atoms with Crippen molar-refractivity contribution in [3.8, 4) is 28.7 Å². The van der Waals surface area contributed by atoms with E-state index in [4.69, 9.17) is 4.74 Å². The topological polar surface area (TPSA) is 73.2 Å². The minimum Gasteiger partial charge on any atom is -0.508 e. The largest absolute Gasteiger partial charge is 0.508 e. The van der Waals surface area contributed by atoms with Crippen molar-refractivity contribution in [2.75, 3.05) is 4.90 Å². The van der Waals surface area contributed by atoms with Crippen molar-refractivity contribution in [2.45, 2.75) is 41.5 Å². The van der Waals surface area contributed by atoms with Crippen LogP contribution in [-0.2, 0) is 0 Å². The van der Waals surface area contributed by atoms with Gasteiger partial charge in [-0.2, -0.15) is 0 Å². The predicted octanol–water partition coefficient (Wildman–Crippen LogP) is 7.92. The van der Waals surface area contributed by atoms with Gasteiger partial charge in [0.1, 0.15) is 28.7 Å². The lowest BCUT2D eigenvalue weighted by molar-refractivity contribution is 0.458. The second-order valence-corrected chi connectivity index (χ2v) is 9.09. The minimum atomic E-state index is 0.235. The molecule has 0 spiro atoms. The Bertz CT molecular complexity index is 1370. The lowest BCUT2D eigenvalue weighted by atomic mass is 10.0. The second kappa shape index (κ2) is 9.26. The van der Waals surface area contributed by atoms with E-state index in [0.717, 1.165) is 50.4 Å². The smallest absolute Gasteiger partial charge is 0.130 e. The molecular formula is C30H31NO4. The van der Waals surface area contributed by atoms with Gasteiger partial charge in [0.05, 0.1) is 11.4 Å². The van der Waals surface area contributed by atoms with E-state index in [1.807, 2.05) is 101 Å². The summed E-state index contributed by atoms with van der Waals surface area (Å²) in [6, 6.07) is 18.9. The van der Waals surface area contributed by atoms with Crippen LogP contribution < -0.4 is 9.64 Å². The van der Waals surface area contributed by atoms with Crippen LogP contribution in [0.15, 0.2) is 60.7 Å². The molecule has 0 aromatic heterocycles. The molecule has 180 valence electrons. The summed E-state index contributed by atoms with van der Waals surface area (Å²) < 4.78 is 6.22. The molecule has 5 nitrogen and oxygen atoms in total. The Morgan fingerprint density at radius 3 is 1.74 bits per heavy atom. The molecule has 0 radical (unpaired) electrons. The zero-order chi connectivity index (χ0) is 25.4. The van der Waals surface area contributed by atoms with Gasteiger partial charge in [-0.05, 0) is 100 Å². The zero-order valence-electron chi connectivity index (χ0n) is 21.0. The van der Waals surface area contributed by atoms with E-state index in [2.05, 4.69) is 0 Å². The highest BCUT2D eigenvalue weighted by Gasteiger charge is 2.21. The molecule has 4 rings (SSSR count). The average Bonchev–Trinajstić information content (AvgIpc) is 2.82. The van der Waals surface area contributed by atoms with Crippen molar-refractivity contribution in [2.24, 2.45) is 0 Å². The monoisotopic (exact) mass is 469 g/mol. The van der Waals surface area contributed by atoms with E-state index in [9.17, 15) is 15.3 Å². The number of phenols is 3. The lowest BCUT2D eigenvalue weighted by Gasteiger charge is -2.30. The van der Waals surface area contributed by atoms with Crippen LogP contribution in [0.5, 0.6) is 28.7 Å². The van der Waals surface area contributed by atoms with Crippen molar-refractivity contribution in [1.82, 2.24) is 0 Å². The molecule has 0 aliphatic carbocycles. The third kappa shape index (κ3) is 4.50. The molecule has 0 heterocycles. The van der Waals surface area contributed by atoms with Crippen LogP contribution in [0.4, 0.5) is 17.1 Å². The fourth-order valence-corrected chi connectivity index (χ4v) is 4.24. The quantitative estimate of drug-likeness (QED) is 0.277. The van der Waals surface area contributed by atoms with Crippen molar-refractivity contribution in [3.05, 3.63) is 94.0 Å². The van der Waals surface area contributed by atoms with Crippen molar-refractivity contribution >= 4 is 17.1 Å². The maximum absolute atomic E-state index is 10.7. The summed E-state index contributed by atoms with van der Waals surface area (Å²) in [6.45, 7) is 11.2. The molecule has 0 atom stereocenters. The highest BCUT2D eigenvalue weighted by atomic mass is 16.5. The predicted molar refractivity (Wildman–Crippen MR) is 141 cm³/mol. The number of hydrogen-bond acceptors (Lipinski definition) is 5. The van der Waals surface area contributed by atoms with E-state index in [1.54, 1.807) is 6.07 Å². The van der Waals surface area contributed by atoms with Crippen molar-refractivity contribution in [3.63, 3.8) is 0 Å². The third-order valence-corrected chi connectivity index (χ3v) is 6.49. The average molecular weight is 470 g/mol. The lowest BCUT2D eigenvalue weighted by Crippen LogP contribution is -2.13. The summed E-state index contributed by atoms with van der Waals surface area (Å²) >= 11 is 0. The Hall–Kier alpha value is -4.12. The standard InChI is InChI=1S/C30H31NO4/c1-17-10-12-25(21(5)29(17)33)31(26-13-11-18(2)30(34)22(26)6)23-8-7-9-24(16-23)35-28-15-19(3)27(32)14-20(28)4/h7-16,32-34H,1-6H3. The molecule has 4 aromatic rings. The molecular weight excluding hydrogens is 438 g/mol. The van der Waals surface area contributed by atoms with E-state index in [0.29, 0.717) is 11.5 Å². The van der Waals surface area contributed by atoms with E-state index < -0.39 is 0 Å². The molecule has 0 aliphatic heterocycles. The van der Waals surface area contributed by atoms with Crippen LogP contribution in [-0.4, -0.2) is 15.3 Å². The molecule has 0 saturated heterocycles. The summed E-state index contributed by atoms with van der Waals surface area (Å²) in [5, 5.41) is 31.4. The second-order valence-electron chi connectivity index (χ2n) is 9.09. The highest BCUT2D eigenvalue weighted by molar-refractivity contribution is 5.83. The van der Waals surface area contributed by atoms with Crippen molar-refractivity contribution in [1.29, 1.82) is 0 Å². The highest BCUT2D eigenvalue weighted by Crippen LogP contribution is 2.44. The van der Waals surface area contributed by atoms with Crippen LogP contribution in [0.25, 0.3) is 0 Å². The molecule has 5 heteroatoms. The first kappa shape index (κ1) is 24.0. The van der Waals surface area contributed by atoms with Gasteiger partial charge in [-0.15, -0.1) is 0 Å². The number of ether oxygens (including phenoxy) is 1. The van der Waals surface area contributed by atoms with Crippen molar-refractivity contribution < 1.29 is 20.1 Å². The number of aryl methyl sites for hydroxylation is 4. The van der Waals surface area contributed by atoms with Gasteiger partial charge >= 0.3 is 0 Å². The molecule has 35 heavy (non-hydrogen) atoms. The summed E-state index contributed by atoms with van der Waals surface area (Å²) in [5.74, 6) is 2.01. The first-order valence-electron chi connectivity index (χ1n) is 11.5. The first-order chi connectivity index (χ1) is 16.6. The van der Waals surface area contributed by atoms with Crippen LogP contribution in [0.1, 0.15) is 33.4 Å². The summed E-state index contributed by atoms with van der Waals surface area (Å²) in [5.41, 5.74) is 7.04. The van der Waals surface area contributed by atoms with E-state index in [1.165, 1.54) is 0 Å². The van der Waals surface area contributed by atoms with E-state index in [-0.39, 0.29) is 17.2 Å². The summed E-state index contributed by atoms with van der Waals surface area (Å²) in [6.07, 6.45) is 0. The number of anilines is 3. The molecule has 0 bridgehead atoms. The number of benzene rings is 4. The molecule has 0 unspecified atom stereocenters. The fourth-order valence-electron chi connectivity index (χ4n) is 4.24. The zero-order valence-corrected chi connectivity index (χ0v) is 21.0. The van der Waals surface area contributed by atoms with Crippen LogP contribution in [0.3, 0.4) is 0 Å². The van der Waals surface area contributed by atoms with Crippen LogP contribution in [0.2, 0.25) is 0 Å². The van der Waals surface area contributed by atoms with Gasteiger partial charge < -0.3 is 25.0 Å². The first-order valence-corrected chi connectivity index (χ1v) is 11.5. The number of aromatic hydroxyl groups is 3. The molecule has 0 aliphatic rings. The van der Waals surface area contributed by atoms with Gasteiger partial charge in [0.15, 0.2) is 0 Å². The summed E-state index contributed by atoms with van der Waals surface area (Å²) in [4.78, 5) is 2.02. The number of hydrogen-bond donors (Lipinski definition) is 3. The Kier molecular flexibility index (Phi) is 6.35. The maximum atomic E-state index is 10.7. The number of nitrogens with zero attached hydrogens (tertiary/aromatic N) is 1. The van der Waals surface area contributed by atoms with E-state index >= 15 is 0 Å². The normalized spacial score (nSPS) is 10.9. The Labute approximate surface area is 206 Å².